The van der Waals surface area contributed by atoms with Gasteiger partial charge in [0, 0.05) is 39.4 Å². The second kappa shape index (κ2) is 12.3. The second-order valence-corrected chi connectivity index (χ2v) is 11.6. The smallest absolute Gasteiger partial charge is 0.160 e. The summed E-state index contributed by atoms with van der Waals surface area (Å²) in [7, 11) is 0. The van der Waals surface area contributed by atoms with Crippen molar-refractivity contribution in [2.75, 3.05) is 0 Å². The third-order valence-corrected chi connectivity index (χ3v) is 8.70. The van der Waals surface area contributed by atoms with Crippen molar-refractivity contribution in [3.8, 4) is 56.4 Å². The molecule has 2 aromatic heterocycles. The van der Waals surface area contributed by atoms with Crippen LogP contribution in [0.15, 0.2) is 159 Å². The first-order valence-electron chi connectivity index (χ1n) is 15.9. The van der Waals surface area contributed by atoms with Gasteiger partial charge < -0.3 is 0 Å². The normalized spacial score (nSPS) is 11.1. The van der Waals surface area contributed by atoms with Crippen molar-refractivity contribution >= 4 is 33.8 Å². The van der Waals surface area contributed by atoms with E-state index in [0.29, 0.717) is 11.6 Å². The number of fused-ring (bicyclic) bond motifs is 2. The Hall–Kier alpha value is -6.52. The fraction of sp³-hybridized carbons (Fsp3) is 0. The van der Waals surface area contributed by atoms with Gasteiger partial charge in [-0.25, -0.2) is 19.9 Å². The number of hydrogen-bond acceptors (Lipinski definition) is 4. The molecular weight excluding hydrogens is 585 g/mol. The molecular formula is C44H30N4. The zero-order valence-electron chi connectivity index (χ0n) is 26.2. The molecule has 0 bridgehead atoms. The molecule has 0 aliphatic rings. The largest absolute Gasteiger partial charge is 0.236 e. The van der Waals surface area contributed by atoms with Gasteiger partial charge in [0.2, 0.25) is 0 Å². The molecule has 0 aliphatic heterocycles. The lowest BCUT2D eigenvalue weighted by Crippen LogP contribution is -1.98. The lowest BCUT2D eigenvalue weighted by molar-refractivity contribution is 1.18. The predicted octanol–water partition coefficient (Wildman–Crippen LogP) is 11.2. The van der Waals surface area contributed by atoms with E-state index >= 15 is 0 Å². The summed E-state index contributed by atoms with van der Waals surface area (Å²) in [6.07, 6.45) is 5.71. The number of benzene rings is 6. The Labute approximate surface area is 279 Å². The maximum Gasteiger partial charge on any atom is 0.160 e. The van der Waals surface area contributed by atoms with Gasteiger partial charge in [0.1, 0.15) is 0 Å². The molecule has 0 saturated heterocycles. The summed E-state index contributed by atoms with van der Waals surface area (Å²) in [4.78, 5) is 20.3. The van der Waals surface area contributed by atoms with E-state index in [1.54, 1.807) is 0 Å². The minimum Gasteiger partial charge on any atom is -0.236 e. The number of rotatable bonds is 7. The van der Waals surface area contributed by atoms with Crippen LogP contribution in [0.2, 0.25) is 0 Å². The van der Waals surface area contributed by atoms with Crippen LogP contribution >= 0.6 is 0 Å². The molecule has 0 aliphatic carbocycles. The van der Waals surface area contributed by atoms with Crippen LogP contribution in [0.25, 0.3) is 90.2 Å². The van der Waals surface area contributed by atoms with Gasteiger partial charge in [0.05, 0.1) is 16.9 Å². The summed E-state index contributed by atoms with van der Waals surface area (Å²) in [6, 6.07) is 47.4. The van der Waals surface area contributed by atoms with E-state index in [4.69, 9.17) is 19.9 Å². The topological polar surface area (TPSA) is 51.6 Å². The van der Waals surface area contributed by atoms with Crippen molar-refractivity contribution in [3.05, 3.63) is 170 Å². The van der Waals surface area contributed by atoms with Gasteiger partial charge in [0.15, 0.2) is 11.6 Å². The van der Waals surface area contributed by atoms with Gasteiger partial charge in [-0.2, -0.15) is 0 Å². The maximum absolute atomic E-state index is 5.30. The van der Waals surface area contributed by atoms with Gasteiger partial charge in [-0.15, -0.1) is 0 Å². The zero-order chi connectivity index (χ0) is 32.5. The van der Waals surface area contributed by atoms with E-state index in [1.807, 2.05) is 91.1 Å². The Morgan fingerprint density at radius 2 is 1.06 bits per heavy atom. The van der Waals surface area contributed by atoms with Gasteiger partial charge in [-0.3, -0.25) is 0 Å². The molecule has 0 radical (unpaired) electrons. The monoisotopic (exact) mass is 614 g/mol. The van der Waals surface area contributed by atoms with Crippen molar-refractivity contribution < 1.29 is 0 Å². The SMILES string of the molecule is C=Cc1cc(-c2nc(-c3cccc(-c4nc(-c5ccccc5)ncc4-c4ccccc4)c3)nc3ccccc23)c2ccccc2c1C=C. The van der Waals surface area contributed by atoms with Gasteiger partial charge in [-0.05, 0) is 45.7 Å². The fourth-order valence-electron chi connectivity index (χ4n) is 6.39. The molecule has 0 unspecified atom stereocenters. The molecule has 0 spiro atoms. The van der Waals surface area contributed by atoms with Crippen LogP contribution in [0, 0.1) is 0 Å². The molecule has 0 amide bonds. The Bertz CT molecular complexity index is 2480. The molecule has 2 heterocycles. The highest BCUT2D eigenvalue weighted by Crippen LogP contribution is 2.38. The van der Waals surface area contributed by atoms with Gasteiger partial charge in [-0.1, -0.05) is 147 Å². The van der Waals surface area contributed by atoms with Gasteiger partial charge >= 0.3 is 0 Å². The molecule has 0 saturated carbocycles. The van der Waals surface area contributed by atoms with Crippen LogP contribution in [0.4, 0.5) is 0 Å². The van der Waals surface area contributed by atoms with E-state index < -0.39 is 0 Å². The maximum atomic E-state index is 5.30. The Morgan fingerprint density at radius 1 is 0.438 bits per heavy atom. The third kappa shape index (κ3) is 5.16. The standard InChI is InChI=1S/C44H30N4/c1-3-29-27-38(36-23-12-11-22-35(36)34(29)4-2)42-37-24-13-14-25-40(37)46-44(48-42)33-21-15-20-32(26-33)41-39(30-16-7-5-8-17-30)28-45-43(47-41)31-18-9-6-10-19-31/h3-28H,1-2H2. The molecule has 8 aromatic rings. The van der Waals surface area contributed by atoms with Gasteiger partial charge in [0.25, 0.3) is 0 Å². The number of para-hydroxylation sites is 1. The lowest BCUT2D eigenvalue weighted by Gasteiger charge is -2.15. The third-order valence-electron chi connectivity index (χ3n) is 8.70. The molecule has 226 valence electrons. The average Bonchev–Trinajstić information content (AvgIpc) is 3.17. The second-order valence-electron chi connectivity index (χ2n) is 11.6. The summed E-state index contributed by atoms with van der Waals surface area (Å²) in [5.74, 6) is 1.31. The first kappa shape index (κ1) is 28.9. The molecule has 48 heavy (non-hydrogen) atoms. The van der Waals surface area contributed by atoms with E-state index in [2.05, 4.69) is 79.9 Å². The lowest BCUT2D eigenvalue weighted by atomic mass is 9.92. The van der Waals surface area contributed by atoms with Crippen molar-refractivity contribution in [1.82, 2.24) is 19.9 Å². The van der Waals surface area contributed by atoms with Crippen molar-refractivity contribution in [2.45, 2.75) is 0 Å². The van der Waals surface area contributed by atoms with E-state index in [0.717, 1.165) is 77.6 Å². The van der Waals surface area contributed by atoms with Crippen LogP contribution in [0.5, 0.6) is 0 Å². The Morgan fingerprint density at radius 3 is 1.81 bits per heavy atom. The minimum absolute atomic E-state index is 0.640. The molecule has 4 heteroatoms. The van der Waals surface area contributed by atoms with E-state index in [1.165, 1.54) is 0 Å². The first-order valence-corrected chi connectivity index (χ1v) is 15.9. The highest BCUT2D eigenvalue weighted by molar-refractivity contribution is 6.07. The summed E-state index contributed by atoms with van der Waals surface area (Å²) in [5.41, 5.74) is 10.5. The highest BCUT2D eigenvalue weighted by atomic mass is 14.9. The predicted molar refractivity (Wildman–Crippen MR) is 200 cm³/mol. The van der Waals surface area contributed by atoms with E-state index in [-0.39, 0.29) is 0 Å². The molecule has 0 N–H and O–H groups in total. The quantitative estimate of drug-likeness (QED) is 0.179. The zero-order valence-corrected chi connectivity index (χ0v) is 26.2. The Kier molecular flexibility index (Phi) is 7.44. The highest BCUT2D eigenvalue weighted by Gasteiger charge is 2.18. The molecule has 0 atom stereocenters. The molecule has 8 rings (SSSR count). The van der Waals surface area contributed by atoms with Crippen molar-refractivity contribution in [2.24, 2.45) is 0 Å². The van der Waals surface area contributed by atoms with Crippen LogP contribution < -0.4 is 0 Å². The molecule has 0 fully saturated rings. The summed E-state index contributed by atoms with van der Waals surface area (Å²) in [5, 5.41) is 3.19. The molecule has 4 nitrogen and oxygen atoms in total. The summed E-state index contributed by atoms with van der Waals surface area (Å²) < 4.78 is 0. The number of aromatic nitrogens is 4. The van der Waals surface area contributed by atoms with Crippen LogP contribution in [-0.2, 0) is 0 Å². The average molecular weight is 615 g/mol. The van der Waals surface area contributed by atoms with Crippen molar-refractivity contribution in [3.63, 3.8) is 0 Å². The van der Waals surface area contributed by atoms with Crippen LogP contribution in [0.3, 0.4) is 0 Å². The van der Waals surface area contributed by atoms with Crippen LogP contribution in [0.1, 0.15) is 11.1 Å². The fourth-order valence-corrected chi connectivity index (χ4v) is 6.39. The first-order chi connectivity index (χ1) is 23.7. The van der Waals surface area contributed by atoms with Crippen LogP contribution in [-0.4, -0.2) is 19.9 Å². The number of nitrogens with zero attached hydrogens (tertiary/aromatic N) is 4. The van der Waals surface area contributed by atoms with E-state index in [9.17, 15) is 0 Å². The molecule has 6 aromatic carbocycles. The Balaban J connectivity index is 1.34. The minimum atomic E-state index is 0.640. The van der Waals surface area contributed by atoms with Crippen molar-refractivity contribution in [1.29, 1.82) is 0 Å². The number of hydrogen-bond donors (Lipinski definition) is 0. The summed E-state index contributed by atoms with van der Waals surface area (Å²) >= 11 is 0. The summed E-state index contributed by atoms with van der Waals surface area (Å²) in [6.45, 7) is 8.21.